The standard InChI is InChI=1S/C10H18N4O3S/c1-7-10(8(2)13(3)12-7)18(15,16)14-4-5-17-6-9(14)11/h9H,4-6,11H2,1-3H3. The molecule has 2 heterocycles. The zero-order valence-electron chi connectivity index (χ0n) is 10.8. The van der Waals surface area contributed by atoms with Crippen molar-refractivity contribution in [2.75, 3.05) is 19.8 Å². The van der Waals surface area contributed by atoms with Crippen LogP contribution in [0, 0.1) is 13.8 Å². The third-order valence-corrected chi connectivity index (χ3v) is 5.30. The van der Waals surface area contributed by atoms with Crippen LogP contribution in [-0.2, 0) is 21.8 Å². The van der Waals surface area contributed by atoms with Gasteiger partial charge in [0, 0.05) is 13.6 Å². The van der Waals surface area contributed by atoms with E-state index in [2.05, 4.69) is 5.10 Å². The molecule has 102 valence electrons. The molecule has 1 atom stereocenters. The van der Waals surface area contributed by atoms with Crippen molar-refractivity contribution in [1.29, 1.82) is 0 Å². The van der Waals surface area contributed by atoms with Crippen LogP contribution in [0.1, 0.15) is 11.4 Å². The Hall–Kier alpha value is -0.960. The van der Waals surface area contributed by atoms with Gasteiger partial charge in [0.15, 0.2) is 0 Å². The van der Waals surface area contributed by atoms with E-state index in [4.69, 9.17) is 10.5 Å². The zero-order chi connectivity index (χ0) is 13.5. The molecule has 0 bridgehead atoms. The monoisotopic (exact) mass is 274 g/mol. The lowest BCUT2D eigenvalue weighted by atomic mass is 10.4. The Morgan fingerprint density at radius 3 is 2.61 bits per heavy atom. The van der Waals surface area contributed by atoms with Crippen molar-refractivity contribution in [2.24, 2.45) is 12.8 Å². The Balaban J connectivity index is 2.47. The van der Waals surface area contributed by atoms with E-state index in [9.17, 15) is 8.42 Å². The zero-order valence-corrected chi connectivity index (χ0v) is 11.6. The third kappa shape index (κ3) is 2.05. The first-order valence-electron chi connectivity index (χ1n) is 5.71. The van der Waals surface area contributed by atoms with E-state index in [0.717, 1.165) is 0 Å². The normalized spacial score (nSPS) is 22.3. The molecular weight excluding hydrogens is 256 g/mol. The summed E-state index contributed by atoms with van der Waals surface area (Å²) < 4.78 is 33.2. The fourth-order valence-corrected chi connectivity index (χ4v) is 4.04. The summed E-state index contributed by atoms with van der Waals surface area (Å²) in [4.78, 5) is 0.252. The Morgan fingerprint density at radius 1 is 1.44 bits per heavy atom. The van der Waals surface area contributed by atoms with Gasteiger partial charge in [-0.3, -0.25) is 4.68 Å². The smallest absolute Gasteiger partial charge is 0.248 e. The molecule has 1 aromatic heterocycles. The van der Waals surface area contributed by atoms with Crippen LogP contribution in [0.25, 0.3) is 0 Å². The number of sulfonamides is 1. The summed E-state index contributed by atoms with van der Waals surface area (Å²) in [6.45, 7) is 4.28. The molecule has 8 heteroatoms. The van der Waals surface area contributed by atoms with Gasteiger partial charge in [0.1, 0.15) is 4.90 Å². The van der Waals surface area contributed by atoms with E-state index in [1.165, 1.54) is 4.31 Å². The lowest BCUT2D eigenvalue weighted by Crippen LogP contribution is -2.53. The summed E-state index contributed by atoms with van der Waals surface area (Å²) in [5.74, 6) is 0. The number of nitrogens with zero attached hydrogens (tertiary/aromatic N) is 3. The van der Waals surface area contributed by atoms with Gasteiger partial charge in [0.05, 0.1) is 30.8 Å². The Morgan fingerprint density at radius 2 is 2.11 bits per heavy atom. The topological polar surface area (TPSA) is 90.5 Å². The first-order valence-corrected chi connectivity index (χ1v) is 7.15. The highest BCUT2D eigenvalue weighted by Gasteiger charge is 2.35. The number of aryl methyl sites for hydroxylation is 2. The second-order valence-corrected chi connectivity index (χ2v) is 6.21. The van der Waals surface area contributed by atoms with Crippen molar-refractivity contribution < 1.29 is 13.2 Å². The second-order valence-electron chi connectivity index (χ2n) is 4.38. The predicted molar refractivity (Wildman–Crippen MR) is 65.4 cm³/mol. The summed E-state index contributed by atoms with van der Waals surface area (Å²) in [7, 11) is -1.88. The summed E-state index contributed by atoms with van der Waals surface area (Å²) in [5, 5.41) is 4.14. The highest BCUT2D eigenvalue weighted by Crippen LogP contribution is 2.24. The summed E-state index contributed by atoms with van der Waals surface area (Å²) in [5.41, 5.74) is 6.91. The average molecular weight is 274 g/mol. The summed E-state index contributed by atoms with van der Waals surface area (Å²) in [6.07, 6.45) is -0.636. The van der Waals surface area contributed by atoms with Crippen molar-refractivity contribution in [2.45, 2.75) is 24.9 Å². The number of ether oxygens (including phenoxy) is 1. The van der Waals surface area contributed by atoms with Gasteiger partial charge in [-0.05, 0) is 13.8 Å². The molecule has 0 saturated carbocycles. The maximum atomic E-state index is 12.6. The van der Waals surface area contributed by atoms with Crippen molar-refractivity contribution in [3.05, 3.63) is 11.4 Å². The van der Waals surface area contributed by atoms with E-state index >= 15 is 0 Å². The number of nitrogens with two attached hydrogens (primary N) is 1. The van der Waals surface area contributed by atoms with Crippen LogP contribution in [0.5, 0.6) is 0 Å². The predicted octanol–water partition coefficient (Wildman–Crippen LogP) is -0.657. The third-order valence-electron chi connectivity index (χ3n) is 3.12. The molecule has 0 spiro atoms. The van der Waals surface area contributed by atoms with E-state index in [0.29, 0.717) is 18.0 Å². The second kappa shape index (κ2) is 4.61. The molecule has 2 rings (SSSR count). The van der Waals surface area contributed by atoms with Gasteiger partial charge in [-0.15, -0.1) is 0 Å². The van der Waals surface area contributed by atoms with E-state index in [1.807, 2.05) is 0 Å². The molecule has 1 aliphatic heterocycles. The van der Waals surface area contributed by atoms with Crippen LogP contribution in [0.4, 0.5) is 0 Å². The Labute approximate surface area is 107 Å². The van der Waals surface area contributed by atoms with Crippen LogP contribution in [-0.4, -0.2) is 48.4 Å². The highest BCUT2D eigenvalue weighted by molar-refractivity contribution is 7.89. The van der Waals surface area contributed by atoms with Crippen LogP contribution >= 0.6 is 0 Å². The molecule has 0 amide bonds. The molecule has 2 N–H and O–H groups in total. The van der Waals surface area contributed by atoms with Crippen LogP contribution in [0.15, 0.2) is 4.90 Å². The minimum atomic E-state index is -3.61. The number of hydrogen-bond donors (Lipinski definition) is 1. The molecule has 18 heavy (non-hydrogen) atoms. The lowest BCUT2D eigenvalue weighted by molar-refractivity contribution is 0.0349. The average Bonchev–Trinajstić information content (AvgIpc) is 2.53. The molecule has 7 nitrogen and oxygen atoms in total. The Kier molecular flexibility index (Phi) is 3.45. The van der Waals surface area contributed by atoms with Gasteiger partial charge in [-0.25, -0.2) is 8.42 Å². The highest BCUT2D eigenvalue weighted by atomic mass is 32.2. The summed E-state index contributed by atoms with van der Waals surface area (Å²) in [6, 6.07) is 0. The largest absolute Gasteiger partial charge is 0.377 e. The quantitative estimate of drug-likeness (QED) is 0.773. The van der Waals surface area contributed by atoms with Crippen molar-refractivity contribution in [1.82, 2.24) is 14.1 Å². The maximum Gasteiger partial charge on any atom is 0.248 e. The minimum absolute atomic E-state index is 0.220. The molecular formula is C10H18N4O3S. The first-order chi connectivity index (χ1) is 8.35. The van der Waals surface area contributed by atoms with E-state index in [1.54, 1.807) is 25.6 Å². The van der Waals surface area contributed by atoms with Crippen molar-refractivity contribution >= 4 is 10.0 Å². The van der Waals surface area contributed by atoms with Gasteiger partial charge in [0.25, 0.3) is 0 Å². The molecule has 0 aliphatic carbocycles. The Bertz CT molecular complexity index is 552. The number of aromatic nitrogens is 2. The van der Waals surface area contributed by atoms with Crippen molar-refractivity contribution in [3.63, 3.8) is 0 Å². The van der Waals surface area contributed by atoms with Crippen LogP contribution < -0.4 is 5.73 Å². The molecule has 1 saturated heterocycles. The first kappa shape index (κ1) is 13.5. The summed E-state index contributed by atoms with van der Waals surface area (Å²) >= 11 is 0. The van der Waals surface area contributed by atoms with Gasteiger partial charge in [-0.2, -0.15) is 9.40 Å². The number of rotatable bonds is 2. The number of morpholine rings is 1. The minimum Gasteiger partial charge on any atom is -0.377 e. The molecule has 1 aliphatic rings. The molecule has 0 aromatic carbocycles. The molecule has 1 unspecified atom stereocenters. The van der Waals surface area contributed by atoms with Gasteiger partial charge in [0.2, 0.25) is 10.0 Å². The molecule has 0 radical (unpaired) electrons. The van der Waals surface area contributed by atoms with E-state index in [-0.39, 0.29) is 18.0 Å². The molecule has 1 fully saturated rings. The van der Waals surface area contributed by atoms with Crippen LogP contribution in [0.2, 0.25) is 0 Å². The molecule has 1 aromatic rings. The SMILES string of the molecule is Cc1nn(C)c(C)c1S(=O)(=O)N1CCOCC1N. The maximum absolute atomic E-state index is 12.6. The van der Waals surface area contributed by atoms with E-state index < -0.39 is 16.2 Å². The van der Waals surface area contributed by atoms with Gasteiger partial charge >= 0.3 is 0 Å². The lowest BCUT2D eigenvalue weighted by Gasteiger charge is -2.31. The van der Waals surface area contributed by atoms with Crippen molar-refractivity contribution in [3.8, 4) is 0 Å². The van der Waals surface area contributed by atoms with Gasteiger partial charge in [-0.1, -0.05) is 0 Å². The fraction of sp³-hybridized carbons (Fsp3) is 0.700. The number of hydrogen-bond acceptors (Lipinski definition) is 5. The fourth-order valence-electron chi connectivity index (χ4n) is 2.15. The van der Waals surface area contributed by atoms with Gasteiger partial charge < -0.3 is 10.5 Å². The van der Waals surface area contributed by atoms with Crippen LogP contribution in [0.3, 0.4) is 0 Å².